The number of rotatable bonds is 3. The smallest absolute Gasteiger partial charge is 0.0628 e. The van der Waals surface area contributed by atoms with Gasteiger partial charge >= 0.3 is 0 Å². The Labute approximate surface area is 148 Å². The van der Waals surface area contributed by atoms with E-state index < -0.39 is 0 Å². The summed E-state index contributed by atoms with van der Waals surface area (Å²) in [6, 6.07) is 8.73. The third-order valence-corrected chi connectivity index (χ3v) is 6.14. The number of aromatic nitrogens is 1. The van der Waals surface area contributed by atoms with Gasteiger partial charge in [-0.3, -0.25) is 0 Å². The third kappa shape index (κ3) is 2.72. The van der Waals surface area contributed by atoms with Crippen molar-refractivity contribution in [3.8, 4) is 0 Å². The molecule has 3 aromatic rings. The summed E-state index contributed by atoms with van der Waals surface area (Å²) >= 11 is 1.91. The van der Waals surface area contributed by atoms with Crippen LogP contribution in [-0.4, -0.2) is 23.1 Å². The number of aryl methyl sites for hydroxylation is 2. The highest BCUT2D eigenvalue weighted by atomic mass is 32.1. The first-order chi connectivity index (χ1) is 11.6. The summed E-state index contributed by atoms with van der Waals surface area (Å²) in [5.74, 6) is 0. The second-order valence-corrected chi connectivity index (χ2v) is 7.81. The average molecular weight is 337 g/mol. The molecule has 0 unspecified atom stereocenters. The number of benzene rings is 1. The van der Waals surface area contributed by atoms with Crippen molar-refractivity contribution in [1.82, 2.24) is 9.47 Å². The summed E-state index contributed by atoms with van der Waals surface area (Å²) in [4.78, 5) is 2.43. The van der Waals surface area contributed by atoms with Crippen LogP contribution in [0.5, 0.6) is 0 Å². The van der Waals surface area contributed by atoms with Crippen molar-refractivity contribution in [2.75, 3.05) is 13.6 Å². The van der Waals surface area contributed by atoms with E-state index in [-0.39, 0.29) is 0 Å². The summed E-state index contributed by atoms with van der Waals surface area (Å²) in [7, 11) is 2.23. The molecule has 0 aliphatic carbocycles. The Morgan fingerprint density at radius 1 is 1.17 bits per heavy atom. The second-order valence-electron chi connectivity index (χ2n) is 6.93. The molecular formula is C21H24N2S. The van der Waals surface area contributed by atoms with Crippen LogP contribution in [0.15, 0.2) is 35.7 Å². The first kappa shape index (κ1) is 15.7. The van der Waals surface area contributed by atoms with E-state index in [0.29, 0.717) is 0 Å². The van der Waals surface area contributed by atoms with Crippen LogP contribution in [0.1, 0.15) is 27.9 Å². The number of thiophene rings is 1. The molecule has 124 valence electrons. The lowest BCUT2D eigenvalue weighted by molar-refractivity contribution is 0.310. The molecule has 0 fully saturated rings. The molecule has 0 bridgehead atoms. The van der Waals surface area contributed by atoms with Crippen molar-refractivity contribution in [1.29, 1.82) is 0 Å². The van der Waals surface area contributed by atoms with Crippen LogP contribution >= 0.6 is 11.3 Å². The number of fused-ring (bicyclic) bond motifs is 3. The van der Waals surface area contributed by atoms with E-state index in [9.17, 15) is 0 Å². The number of allylic oxidation sites excluding steroid dienone is 1. The van der Waals surface area contributed by atoms with Gasteiger partial charge in [0.2, 0.25) is 0 Å². The molecule has 1 aliphatic rings. The van der Waals surface area contributed by atoms with Crippen molar-refractivity contribution in [3.63, 3.8) is 0 Å². The summed E-state index contributed by atoms with van der Waals surface area (Å²) in [6.07, 6.45) is 5.71. The molecule has 0 saturated carbocycles. The Hall–Kier alpha value is -1.84. The van der Waals surface area contributed by atoms with Crippen LogP contribution in [0.4, 0.5) is 0 Å². The minimum Gasteiger partial charge on any atom is -0.339 e. The Morgan fingerprint density at radius 3 is 2.75 bits per heavy atom. The lowest BCUT2D eigenvalue weighted by Gasteiger charge is -2.24. The molecular weight excluding hydrogens is 312 g/mol. The summed E-state index contributed by atoms with van der Waals surface area (Å²) < 4.78 is 4.05. The predicted molar refractivity (Wildman–Crippen MR) is 105 cm³/mol. The monoisotopic (exact) mass is 336 g/mol. The fourth-order valence-electron chi connectivity index (χ4n) is 3.68. The molecule has 0 spiro atoms. The largest absolute Gasteiger partial charge is 0.339 e. The van der Waals surface area contributed by atoms with E-state index in [1.165, 1.54) is 26.9 Å². The van der Waals surface area contributed by atoms with Gasteiger partial charge in [0, 0.05) is 37.3 Å². The highest BCUT2D eigenvalue weighted by Gasteiger charge is 2.23. The molecule has 1 aliphatic heterocycles. The van der Waals surface area contributed by atoms with E-state index in [1.54, 1.807) is 11.3 Å². The fourth-order valence-corrected chi connectivity index (χ4v) is 4.80. The third-order valence-electron chi connectivity index (χ3n) is 4.99. The molecule has 2 aromatic heterocycles. The van der Waals surface area contributed by atoms with Gasteiger partial charge in [-0.15, -0.1) is 11.3 Å². The molecule has 24 heavy (non-hydrogen) atoms. The van der Waals surface area contributed by atoms with Gasteiger partial charge < -0.3 is 9.47 Å². The molecule has 0 atom stereocenters. The van der Waals surface area contributed by atoms with Gasteiger partial charge in [-0.2, -0.15) is 0 Å². The maximum atomic E-state index is 2.55. The highest BCUT2D eigenvalue weighted by molar-refractivity contribution is 7.17. The first-order valence-electron chi connectivity index (χ1n) is 8.63. The highest BCUT2D eigenvalue weighted by Crippen LogP contribution is 2.36. The van der Waals surface area contributed by atoms with E-state index in [0.717, 1.165) is 26.1 Å². The van der Waals surface area contributed by atoms with Crippen molar-refractivity contribution in [3.05, 3.63) is 63.7 Å². The zero-order chi connectivity index (χ0) is 16.7. The van der Waals surface area contributed by atoms with E-state index >= 15 is 0 Å². The molecule has 0 amide bonds. The maximum Gasteiger partial charge on any atom is 0.0628 e. The maximum absolute atomic E-state index is 2.55. The van der Waals surface area contributed by atoms with Gasteiger partial charge in [0.1, 0.15) is 0 Å². The van der Waals surface area contributed by atoms with Crippen LogP contribution < -0.4 is 0 Å². The molecule has 4 rings (SSSR count). The van der Waals surface area contributed by atoms with Crippen molar-refractivity contribution in [2.24, 2.45) is 0 Å². The van der Waals surface area contributed by atoms with E-state index in [2.05, 4.69) is 72.2 Å². The summed E-state index contributed by atoms with van der Waals surface area (Å²) in [6.45, 7) is 7.58. The minimum absolute atomic E-state index is 0.959. The van der Waals surface area contributed by atoms with Gasteiger partial charge in [-0.05, 0) is 37.4 Å². The number of hydrogen-bond donors (Lipinski definition) is 0. The van der Waals surface area contributed by atoms with E-state index in [1.807, 2.05) is 11.3 Å². The Morgan fingerprint density at radius 2 is 1.96 bits per heavy atom. The van der Waals surface area contributed by atoms with Crippen LogP contribution in [0.3, 0.4) is 0 Å². The lowest BCUT2D eigenvalue weighted by atomic mass is 10.1. The van der Waals surface area contributed by atoms with Crippen molar-refractivity contribution < 1.29 is 0 Å². The fraction of sp³-hybridized carbons (Fsp3) is 0.333. The van der Waals surface area contributed by atoms with Gasteiger partial charge in [-0.25, -0.2) is 0 Å². The Balaban J connectivity index is 1.68. The van der Waals surface area contributed by atoms with Gasteiger partial charge in [-0.1, -0.05) is 42.0 Å². The standard InChI is InChI=1S/C21H24N2S/c1-15-6-8-17(9-7-15)5-4-11-23-19-10-12-22(3)13-18(19)21-20(23)16(2)14-24-21/h4-9,14H,10-13H2,1-3H3. The van der Waals surface area contributed by atoms with Gasteiger partial charge in [0.05, 0.1) is 10.2 Å². The molecule has 3 heteroatoms. The summed E-state index contributed by atoms with van der Waals surface area (Å²) in [5.41, 5.74) is 8.56. The van der Waals surface area contributed by atoms with Gasteiger partial charge in [0.25, 0.3) is 0 Å². The lowest BCUT2D eigenvalue weighted by Crippen LogP contribution is -2.27. The number of hydrogen-bond acceptors (Lipinski definition) is 2. The quantitative estimate of drug-likeness (QED) is 0.652. The number of likely N-dealkylation sites (N-methyl/N-ethyl adjacent to an activating group) is 1. The molecule has 0 N–H and O–H groups in total. The topological polar surface area (TPSA) is 8.17 Å². The van der Waals surface area contributed by atoms with Gasteiger partial charge in [0.15, 0.2) is 0 Å². The minimum atomic E-state index is 0.959. The molecule has 0 saturated heterocycles. The van der Waals surface area contributed by atoms with Crippen LogP contribution in [0.25, 0.3) is 16.3 Å². The van der Waals surface area contributed by atoms with Crippen molar-refractivity contribution in [2.45, 2.75) is 33.4 Å². The zero-order valence-electron chi connectivity index (χ0n) is 14.7. The first-order valence-corrected chi connectivity index (χ1v) is 9.51. The summed E-state index contributed by atoms with van der Waals surface area (Å²) in [5, 5.41) is 2.31. The average Bonchev–Trinajstić information content (AvgIpc) is 3.09. The van der Waals surface area contributed by atoms with E-state index in [4.69, 9.17) is 0 Å². The SMILES string of the molecule is Cc1ccc(C=CCn2c3c(c4scc(C)c42)CN(C)CC3)cc1. The normalized spacial score (nSPS) is 15.5. The molecule has 0 radical (unpaired) electrons. The molecule has 1 aromatic carbocycles. The zero-order valence-corrected chi connectivity index (χ0v) is 15.5. The van der Waals surface area contributed by atoms with Crippen LogP contribution in [-0.2, 0) is 19.5 Å². The Bertz CT molecular complexity index is 896. The Kier molecular flexibility index (Phi) is 4.07. The molecule has 3 heterocycles. The predicted octanol–water partition coefficient (Wildman–Crippen LogP) is 5.02. The van der Waals surface area contributed by atoms with Crippen LogP contribution in [0.2, 0.25) is 0 Å². The van der Waals surface area contributed by atoms with Crippen LogP contribution in [0, 0.1) is 13.8 Å². The number of nitrogens with zero attached hydrogens (tertiary/aromatic N) is 2. The van der Waals surface area contributed by atoms with Crippen molar-refractivity contribution >= 4 is 27.6 Å². The second kappa shape index (κ2) is 6.23. The molecule has 2 nitrogen and oxygen atoms in total.